The summed E-state index contributed by atoms with van der Waals surface area (Å²) in [6, 6.07) is 0. The Bertz CT molecular complexity index is 234. The van der Waals surface area contributed by atoms with Gasteiger partial charge in [-0.05, 0) is 0 Å². The number of nitrogens with two attached hydrogens (primary N) is 1. The monoisotopic (exact) mass is 175 g/mol. The van der Waals surface area contributed by atoms with Gasteiger partial charge in [0.2, 0.25) is 0 Å². The van der Waals surface area contributed by atoms with E-state index in [9.17, 15) is 10.1 Å². The van der Waals surface area contributed by atoms with Gasteiger partial charge in [-0.25, -0.2) is 4.99 Å². The van der Waals surface area contributed by atoms with Crippen molar-refractivity contribution >= 4 is 17.8 Å². The fraction of sp³-hybridized carbons (Fsp3) is 0. The molecule has 0 aliphatic heterocycles. The van der Waals surface area contributed by atoms with Crippen LogP contribution in [-0.2, 0) is 0 Å². The van der Waals surface area contributed by atoms with Crippen molar-refractivity contribution in [3.8, 4) is 0 Å². The quantitative estimate of drug-likeness (QED) is 0.299. The highest BCUT2D eigenvalue weighted by molar-refractivity contribution is 6.29. The lowest BCUT2D eigenvalue weighted by Gasteiger charge is -1.86. The molecule has 0 aromatic carbocycles. The highest BCUT2D eigenvalue weighted by Crippen LogP contribution is 1.98. The summed E-state index contributed by atoms with van der Waals surface area (Å²) in [5, 5.41) is 10.0. The molecule has 5 nitrogen and oxygen atoms in total. The van der Waals surface area contributed by atoms with Crippen LogP contribution in [0.3, 0.4) is 0 Å². The standard InChI is InChI=1S/C5H6ClN3O2/c1-4(6)8-3-5(2-7)9(10)11/h2-3H,1,7H2/b5-2+,8-3-. The van der Waals surface area contributed by atoms with Crippen LogP contribution >= 0.6 is 11.6 Å². The van der Waals surface area contributed by atoms with Gasteiger partial charge >= 0.3 is 5.70 Å². The average molecular weight is 176 g/mol. The van der Waals surface area contributed by atoms with Gasteiger partial charge in [-0.1, -0.05) is 18.2 Å². The SMILES string of the molecule is C=C(Cl)/N=C\C(=C/N)[N+](=O)[O-]. The summed E-state index contributed by atoms with van der Waals surface area (Å²) in [5.41, 5.74) is 4.57. The van der Waals surface area contributed by atoms with E-state index in [1.165, 1.54) is 0 Å². The molecule has 0 aromatic rings. The maximum absolute atomic E-state index is 10.0. The van der Waals surface area contributed by atoms with Gasteiger partial charge in [-0.2, -0.15) is 0 Å². The maximum atomic E-state index is 10.0. The highest BCUT2D eigenvalue weighted by Gasteiger charge is 2.03. The molecule has 0 aliphatic rings. The highest BCUT2D eigenvalue weighted by atomic mass is 35.5. The van der Waals surface area contributed by atoms with Crippen LogP contribution in [0.2, 0.25) is 0 Å². The first-order valence-electron chi connectivity index (χ1n) is 2.52. The van der Waals surface area contributed by atoms with E-state index in [4.69, 9.17) is 17.3 Å². The Balaban J connectivity index is 4.34. The van der Waals surface area contributed by atoms with E-state index >= 15 is 0 Å². The van der Waals surface area contributed by atoms with Crippen molar-refractivity contribution in [2.24, 2.45) is 10.7 Å². The van der Waals surface area contributed by atoms with Crippen LogP contribution in [0.1, 0.15) is 0 Å². The van der Waals surface area contributed by atoms with Crippen molar-refractivity contribution in [1.82, 2.24) is 0 Å². The summed E-state index contributed by atoms with van der Waals surface area (Å²) in [7, 11) is 0. The number of hydrogen-bond donors (Lipinski definition) is 1. The molecule has 11 heavy (non-hydrogen) atoms. The lowest BCUT2D eigenvalue weighted by atomic mass is 10.5. The lowest BCUT2D eigenvalue weighted by Crippen LogP contribution is -2.02. The predicted molar refractivity (Wildman–Crippen MR) is 42.7 cm³/mol. The second kappa shape index (κ2) is 4.45. The average Bonchev–Trinajstić information content (AvgIpc) is 1.87. The molecule has 0 saturated carbocycles. The molecule has 0 heterocycles. The number of aliphatic imine (C=N–C) groups is 1. The molecule has 0 rings (SSSR count). The van der Waals surface area contributed by atoms with Gasteiger partial charge < -0.3 is 5.73 Å². The van der Waals surface area contributed by atoms with Crippen LogP contribution in [-0.4, -0.2) is 11.1 Å². The normalized spacial score (nSPS) is 11.9. The van der Waals surface area contributed by atoms with Crippen LogP contribution in [0.25, 0.3) is 0 Å². The molecule has 60 valence electrons. The van der Waals surface area contributed by atoms with Crippen molar-refractivity contribution in [2.45, 2.75) is 0 Å². The Kier molecular flexibility index (Phi) is 3.90. The van der Waals surface area contributed by atoms with Crippen LogP contribution in [0.4, 0.5) is 0 Å². The number of rotatable bonds is 3. The van der Waals surface area contributed by atoms with E-state index in [2.05, 4.69) is 11.6 Å². The van der Waals surface area contributed by atoms with Gasteiger partial charge in [0.25, 0.3) is 0 Å². The van der Waals surface area contributed by atoms with Gasteiger partial charge in [-0.15, -0.1) is 0 Å². The minimum absolute atomic E-state index is 0.0359. The zero-order valence-corrected chi connectivity index (χ0v) is 6.28. The molecule has 0 radical (unpaired) electrons. The van der Waals surface area contributed by atoms with E-state index < -0.39 is 4.92 Å². The molecule has 0 amide bonds. The molecule has 2 N–H and O–H groups in total. The summed E-state index contributed by atoms with van der Waals surface area (Å²) in [6.07, 6.45) is 1.75. The van der Waals surface area contributed by atoms with Crippen molar-refractivity contribution < 1.29 is 4.92 Å². The molecule has 0 aliphatic carbocycles. The summed E-state index contributed by atoms with van der Waals surface area (Å²) in [6.45, 7) is 3.20. The van der Waals surface area contributed by atoms with Crippen LogP contribution in [0, 0.1) is 10.1 Å². The Hall–Kier alpha value is -1.36. The number of nitrogens with zero attached hydrogens (tertiary/aromatic N) is 2. The first-order chi connectivity index (χ1) is 5.07. The van der Waals surface area contributed by atoms with Gasteiger partial charge in [0.05, 0.1) is 11.1 Å². The Morgan fingerprint density at radius 2 is 2.36 bits per heavy atom. The van der Waals surface area contributed by atoms with Crippen LogP contribution in [0.5, 0.6) is 0 Å². The second-order valence-electron chi connectivity index (χ2n) is 1.48. The van der Waals surface area contributed by atoms with Gasteiger partial charge in [0, 0.05) is 0 Å². The van der Waals surface area contributed by atoms with E-state index in [-0.39, 0.29) is 10.9 Å². The lowest BCUT2D eigenvalue weighted by molar-refractivity contribution is -0.414. The Morgan fingerprint density at radius 1 is 1.82 bits per heavy atom. The van der Waals surface area contributed by atoms with Crippen LogP contribution < -0.4 is 5.73 Å². The van der Waals surface area contributed by atoms with Gasteiger partial charge in [-0.3, -0.25) is 10.1 Å². The first kappa shape index (κ1) is 9.64. The molecule has 0 aromatic heterocycles. The predicted octanol–water partition coefficient (Wildman–Crippen LogP) is 0.844. The molecule has 0 fully saturated rings. The minimum atomic E-state index is -0.677. The van der Waals surface area contributed by atoms with Crippen LogP contribution in [0.15, 0.2) is 28.6 Å². The third-order valence-corrected chi connectivity index (χ3v) is 0.816. The maximum Gasteiger partial charge on any atom is 0.302 e. The van der Waals surface area contributed by atoms with Crippen molar-refractivity contribution in [3.05, 3.63) is 33.7 Å². The smallest absolute Gasteiger partial charge is 0.302 e. The summed E-state index contributed by atoms with van der Waals surface area (Å²) >= 11 is 5.20. The van der Waals surface area contributed by atoms with Gasteiger partial charge in [0.1, 0.15) is 11.4 Å². The Morgan fingerprint density at radius 3 is 2.64 bits per heavy atom. The minimum Gasteiger partial charge on any atom is -0.399 e. The molecular weight excluding hydrogens is 170 g/mol. The van der Waals surface area contributed by atoms with Crippen molar-refractivity contribution in [1.29, 1.82) is 0 Å². The molecule has 0 unspecified atom stereocenters. The molecule has 0 spiro atoms. The second-order valence-corrected chi connectivity index (χ2v) is 1.92. The Labute approximate surface area is 68.0 Å². The van der Waals surface area contributed by atoms with E-state index in [1.807, 2.05) is 0 Å². The summed E-state index contributed by atoms with van der Waals surface area (Å²) in [4.78, 5) is 12.7. The number of nitro groups is 1. The fourth-order valence-electron chi connectivity index (χ4n) is 0.287. The topological polar surface area (TPSA) is 81.5 Å². The van der Waals surface area contributed by atoms with E-state index in [0.717, 1.165) is 12.4 Å². The number of halogens is 1. The van der Waals surface area contributed by atoms with Crippen molar-refractivity contribution in [3.63, 3.8) is 0 Å². The third-order valence-electron chi connectivity index (χ3n) is 0.718. The fourth-order valence-corrected chi connectivity index (χ4v) is 0.336. The van der Waals surface area contributed by atoms with E-state index in [0.29, 0.717) is 0 Å². The number of hydrogen-bond acceptors (Lipinski definition) is 4. The summed E-state index contributed by atoms with van der Waals surface area (Å²) in [5.74, 6) is 0. The summed E-state index contributed by atoms with van der Waals surface area (Å²) < 4.78 is 0. The molecule has 6 heteroatoms. The zero-order valence-electron chi connectivity index (χ0n) is 5.53. The molecule has 0 atom stereocenters. The first-order valence-corrected chi connectivity index (χ1v) is 2.90. The zero-order chi connectivity index (χ0) is 8.85. The molecular formula is C5H6ClN3O2. The van der Waals surface area contributed by atoms with Gasteiger partial charge in [0.15, 0.2) is 0 Å². The third kappa shape index (κ3) is 4.10. The van der Waals surface area contributed by atoms with Crippen molar-refractivity contribution in [2.75, 3.05) is 0 Å². The van der Waals surface area contributed by atoms with E-state index in [1.54, 1.807) is 0 Å². The molecule has 0 saturated heterocycles. The molecule has 0 bridgehead atoms. The largest absolute Gasteiger partial charge is 0.399 e. The number of allylic oxidation sites excluding steroid dienone is 1.